The van der Waals surface area contributed by atoms with E-state index in [4.69, 9.17) is 0 Å². The van der Waals surface area contributed by atoms with Crippen LogP contribution in [0.5, 0.6) is 5.75 Å². The predicted octanol–water partition coefficient (Wildman–Crippen LogP) is 3.44. The lowest BCUT2D eigenvalue weighted by atomic mass is 10.1. The minimum absolute atomic E-state index is 0.0685. The second kappa shape index (κ2) is 5.79. The van der Waals surface area contributed by atoms with Crippen molar-refractivity contribution in [3.8, 4) is 5.75 Å². The molecule has 0 bridgehead atoms. The molecule has 2 nitrogen and oxygen atoms in total. The fraction of sp³-hybridized carbons (Fsp3) is 0.364. The lowest BCUT2D eigenvalue weighted by molar-refractivity contribution is -0.137. The molecule has 7 heteroatoms. The molecule has 0 saturated carbocycles. The fourth-order valence-electron chi connectivity index (χ4n) is 1.38. The standard InChI is InChI=1S/C11H9F5O2/c12-10(13)18-9-4-3-8(11(14,15)16)6-7(9)2-1-5-17/h3-6,10H,1-2H2. The van der Waals surface area contributed by atoms with Crippen molar-refractivity contribution in [2.24, 2.45) is 0 Å². The van der Waals surface area contributed by atoms with Crippen molar-refractivity contribution in [1.82, 2.24) is 0 Å². The van der Waals surface area contributed by atoms with E-state index in [2.05, 4.69) is 4.74 Å². The first-order valence-corrected chi connectivity index (χ1v) is 4.93. The molecule has 0 amide bonds. The van der Waals surface area contributed by atoms with E-state index in [1.165, 1.54) is 0 Å². The van der Waals surface area contributed by atoms with Gasteiger partial charge in [0.2, 0.25) is 0 Å². The van der Waals surface area contributed by atoms with Gasteiger partial charge in [0.25, 0.3) is 0 Å². The van der Waals surface area contributed by atoms with Crippen LogP contribution in [0.4, 0.5) is 22.0 Å². The van der Waals surface area contributed by atoms with Gasteiger partial charge in [0.15, 0.2) is 0 Å². The minimum Gasteiger partial charge on any atom is -0.435 e. The van der Waals surface area contributed by atoms with Gasteiger partial charge in [0, 0.05) is 6.42 Å². The van der Waals surface area contributed by atoms with Crippen LogP contribution in [-0.4, -0.2) is 12.9 Å². The number of hydrogen-bond acceptors (Lipinski definition) is 2. The number of aldehydes is 1. The van der Waals surface area contributed by atoms with Gasteiger partial charge in [-0.25, -0.2) is 0 Å². The van der Waals surface area contributed by atoms with Crippen LogP contribution in [0.2, 0.25) is 0 Å². The molecule has 0 aliphatic rings. The SMILES string of the molecule is O=CCCc1cc(C(F)(F)F)ccc1OC(F)F. The summed E-state index contributed by atoms with van der Waals surface area (Å²) in [4.78, 5) is 10.2. The molecule has 1 rings (SSSR count). The summed E-state index contributed by atoms with van der Waals surface area (Å²) in [5.74, 6) is -0.347. The van der Waals surface area contributed by atoms with Crippen molar-refractivity contribution in [1.29, 1.82) is 0 Å². The van der Waals surface area contributed by atoms with Crippen LogP contribution in [0, 0.1) is 0 Å². The molecule has 1 aromatic rings. The third kappa shape index (κ3) is 3.97. The predicted molar refractivity (Wildman–Crippen MR) is 52.5 cm³/mol. The summed E-state index contributed by atoms with van der Waals surface area (Å²) < 4.78 is 65.5. The maximum atomic E-state index is 12.4. The first-order chi connectivity index (χ1) is 8.34. The van der Waals surface area contributed by atoms with Gasteiger partial charge in [0.05, 0.1) is 5.56 Å². The van der Waals surface area contributed by atoms with E-state index in [0.29, 0.717) is 18.4 Å². The highest BCUT2D eigenvalue weighted by Crippen LogP contribution is 2.33. The largest absolute Gasteiger partial charge is 0.435 e. The van der Waals surface area contributed by atoms with Gasteiger partial charge in [-0.1, -0.05) is 0 Å². The van der Waals surface area contributed by atoms with Crippen LogP contribution in [0.3, 0.4) is 0 Å². The molecule has 100 valence electrons. The number of hydrogen-bond donors (Lipinski definition) is 0. The zero-order chi connectivity index (χ0) is 13.8. The van der Waals surface area contributed by atoms with E-state index >= 15 is 0 Å². The van der Waals surface area contributed by atoms with Crippen molar-refractivity contribution < 1.29 is 31.5 Å². The van der Waals surface area contributed by atoms with Crippen molar-refractivity contribution in [3.63, 3.8) is 0 Å². The number of alkyl halides is 5. The average Bonchev–Trinajstić information content (AvgIpc) is 2.25. The Morgan fingerprint density at radius 2 is 1.94 bits per heavy atom. The van der Waals surface area contributed by atoms with Crippen molar-refractivity contribution in [2.75, 3.05) is 0 Å². The van der Waals surface area contributed by atoms with E-state index in [0.717, 1.165) is 6.07 Å². The minimum atomic E-state index is -4.57. The summed E-state index contributed by atoms with van der Waals surface area (Å²) in [7, 11) is 0. The lowest BCUT2D eigenvalue weighted by Gasteiger charge is -2.13. The molecular weight excluding hydrogens is 259 g/mol. The van der Waals surface area contributed by atoms with Gasteiger partial charge in [-0.15, -0.1) is 0 Å². The highest BCUT2D eigenvalue weighted by Gasteiger charge is 2.31. The number of carbonyl (C=O) groups excluding carboxylic acids is 1. The summed E-state index contributed by atoms with van der Waals surface area (Å²) in [5.41, 5.74) is -1.04. The van der Waals surface area contributed by atoms with Crippen LogP contribution < -0.4 is 4.74 Å². The van der Waals surface area contributed by atoms with Gasteiger partial charge < -0.3 is 9.53 Å². The summed E-state index contributed by atoms with van der Waals surface area (Å²) in [6, 6.07) is 2.19. The Kier molecular flexibility index (Phi) is 4.63. The molecule has 0 unspecified atom stereocenters. The maximum Gasteiger partial charge on any atom is 0.416 e. The highest BCUT2D eigenvalue weighted by atomic mass is 19.4. The molecule has 0 atom stereocenters. The average molecular weight is 268 g/mol. The lowest BCUT2D eigenvalue weighted by Crippen LogP contribution is -2.09. The zero-order valence-corrected chi connectivity index (χ0v) is 9.01. The monoisotopic (exact) mass is 268 g/mol. The smallest absolute Gasteiger partial charge is 0.416 e. The van der Waals surface area contributed by atoms with Crippen LogP contribution in [-0.2, 0) is 17.4 Å². The van der Waals surface area contributed by atoms with Gasteiger partial charge in [-0.05, 0) is 30.2 Å². The molecule has 0 aliphatic heterocycles. The van der Waals surface area contributed by atoms with Crippen LogP contribution >= 0.6 is 0 Å². The molecule has 0 fully saturated rings. The van der Waals surface area contributed by atoms with Crippen LogP contribution in [0.1, 0.15) is 17.5 Å². The first kappa shape index (κ1) is 14.4. The maximum absolute atomic E-state index is 12.4. The van der Waals surface area contributed by atoms with Crippen molar-refractivity contribution in [2.45, 2.75) is 25.6 Å². The summed E-state index contributed by atoms with van der Waals surface area (Å²) in [6.45, 7) is -3.13. The number of benzene rings is 1. The van der Waals surface area contributed by atoms with E-state index in [-0.39, 0.29) is 24.2 Å². The van der Waals surface area contributed by atoms with Crippen molar-refractivity contribution in [3.05, 3.63) is 29.3 Å². The Morgan fingerprint density at radius 3 is 2.44 bits per heavy atom. The molecular formula is C11H9F5O2. The quantitative estimate of drug-likeness (QED) is 0.604. The first-order valence-electron chi connectivity index (χ1n) is 4.93. The zero-order valence-electron chi connectivity index (χ0n) is 9.01. The second-order valence-corrected chi connectivity index (χ2v) is 3.40. The molecule has 0 radical (unpaired) electrons. The Labute approximate surface area is 99.4 Å². The van der Waals surface area contributed by atoms with E-state index < -0.39 is 18.4 Å². The van der Waals surface area contributed by atoms with E-state index in [1.54, 1.807) is 0 Å². The second-order valence-electron chi connectivity index (χ2n) is 3.40. The Bertz CT molecular complexity index is 414. The number of aryl methyl sites for hydroxylation is 1. The summed E-state index contributed by atoms with van der Waals surface area (Å²) in [6.07, 6.45) is -4.23. The van der Waals surface area contributed by atoms with Gasteiger partial charge in [0.1, 0.15) is 12.0 Å². The number of carbonyl (C=O) groups is 1. The Morgan fingerprint density at radius 1 is 1.28 bits per heavy atom. The van der Waals surface area contributed by atoms with Crippen LogP contribution in [0.25, 0.3) is 0 Å². The number of rotatable bonds is 5. The fourth-order valence-corrected chi connectivity index (χ4v) is 1.38. The molecule has 0 N–H and O–H groups in total. The summed E-state index contributed by atoms with van der Waals surface area (Å²) >= 11 is 0. The van der Waals surface area contributed by atoms with Crippen LogP contribution in [0.15, 0.2) is 18.2 Å². The van der Waals surface area contributed by atoms with E-state index in [9.17, 15) is 26.7 Å². The molecule has 0 spiro atoms. The van der Waals surface area contributed by atoms with Crippen molar-refractivity contribution >= 4 is 6.29 Å². The summed E-state index contributed by atoms with van der Waals surface area (Å²) in [5, 5.41) is 0. The molecule has 0 aromatic heterocycles. The number of ether oxygens (including phenoxy) is 1. The Balaban J connectivity index is 3.07. The normalized spacial score (nSPS) is 11.7. The van der Waals surface area contributed by atoms with E-state index in [1.807, 2.05) is 0 Å². The molecule has 0 saturated heterocycles. The highest BCUT2D eigenvalue weighted by molar-refractivity contribution is 5.51. The third-order valence-electron chi connectivity index (χ3n) is 2.14. The molecule has 18 heavy (non-hydrogen) atoms. The topological polar surface area (TPSA) is 26.3 Å². The van der Waals surface area contributed by atoms with Gasteiger partial charge in [-0.3, -0.25) is 0 Å². The molecule has 0 heterocycles. The molecule has 0 aliphatic carbocycles. The van der Waals surface area contributed by atoms with Gasteiger partial charge >= 0.3 is 12.8 Å². The molecule has 1 aromatic carbocycles. The van der Waals surface area contributed by atoms with Gasteiger partial charge in [-0.2, -0.15) is 22.0 Å². The third-order valence-corrected chi connectivity index (χ3v) is 2.14. The number of halogens is 5. The Hall–Kier alpha value is -1.66.